The lowest BCUT2D eigenvalue weighted by Crippen LogP contribution is -2.57. The Morgan fingerprint density at radius 3 is 2.42 bits per heavy atom. The van der Waals surface area contributed by atoms with E-state index in [0.29, 0.717) is 13.1 Å². The monoisotopic (exact) mass is 377 g/mol. The summed E-state index contributed by atoms with van der Waals surface area (Å²) in [5.41, 5.74) is -0.165. The lowest BCUT2D eigenvalue weighted by molar-refractivity contribution is -0.184. The molecule has 0 bridgehead atoms. The van der Waals surface area contributed by atoms with Crippen molar-refractivity contribution in [2.24, 2.45) is 5.92 Å². The van der Waals surface area contributed by atoms with Gasteiger partial charge in [-0.25, -0.2) is 8.78 Å². The third-order valence-corrected chi connectivity index (χ3v) is 4.94. The van der Waals surface area contributed by atoms with Gasteiger partial charge in [-0.05, 0) is 18.6 Å². The largest absolute Gasteiger partial charge is 0.405 e. The third-order valence-electron chi connectivity index (χ3n) is 4.94. The van der Waals surface area contributed by atoms with Crippen LogP contribution in [0.5, 0.6) is 0 Å². The Bertz CT molecular complexity index is 640. The topological polar surface area (TPSA) is 44.4 Å². The van der Waals surface area contributed by atoms with E-state index in [2.05, 4.69) is 10.6 Å². The molecule has 26 heavy (non-hydrogen) atoms. The Morgan fingerprint density at radius 1 is 1.23 bits per heavy atom. The summed E-state index contributed by atoms with van der Waals surface area (Å²) in [5, 5.41) is 5.30. The summed E-state index contributed by atoms with van der Waals surface area (Å²) in [6.45, 7) is 0.833. The number of nitrogens with one attached hydrogen (secondary N) is 2. The smallest absolute Gasteiger partial charge is 0.354 e. The Balaban J connectivity index is 1.59. The van der Waals surface area contributed by atoms with Crippen LogP contribution < -0.4 is 10.6 Å². The molecule has 1 aromatic carbocycles. The molecular weight excluding hydrogens is 357 g/mol. The highest BCUT2D eigenvalue weighted by Crippen LogP contribution is 2.49. The molecule has 2 fully saturated rings. The van der Waals surface area contributed by atoms with E-state index in [-0.39, 0.29) is 25.1 Å². The number of carbonyl (C=O) groups excluding carboxylic acids is 1. The van der Waals surface area contributed by atoms with Gasteiger partial charge in [0.25, 0.3) is 0 Å². The summed E-state index contributed by atoms with van der Waals surface area (Å²) in [7, 11) is 0. The van der Waals surface area contributed by atoms with Crippen LogP contribution in [0.4, 0.5) is 22.0 Å². The van der Waals surface area contributed by atoms with Gasteiger partial charge in [-0.2, -0.15) is 13.2 Å². The molecule has 2 aliphatic rings. The van der Waals surface area contributed by atoms with E-state index in [4.69, 9.17) is 0 Å². The first-order valence-corrected chi connectivity index (χ1v) is 8.52. The molecule has 1 saturated heterocycles. The van der Waals surface area contributed by atoms with Crippen LogP contribution in [0.3, 0.4) is 0 Å². The first kappa shape index (κ1) is 19.0. The van der Waals surface area contributed by atoms with Crippen molar-refractivity contribution >= 4 is 5.91 Å². The quantitative estimate of drug-likeness (QED) is 0.772. The van der Waals surface area contributed by atoms with Gasteiger partial charge >= 0.3 is 6.18 Å². The summed E-state index contributed by atoms with van der Waals surface area (Å²) in [6, 6.07) is 1.68. The molecule has 0 radical (unpaired) electrons. The molecule has 3 unspecified atom stereocenters. The Hall–Kier alpha value is -1.74. The van der Waals surface area contributed by atoms with Crippen molar-refractivity contribution in [3.63, 3.8) is 0 Å². The predicted octanol–water partition coefficient (Wildman–Crippen LogP) is 2.02. The van der Waals surface area contributed by atoms with Gasteiger partial charge in [0.1, 0.15) is 17.7 Å². The molecule has 2 N–H and O–H groups in total. The van der Waals surface area contributed by atoms with Crippen LogP contribution in [0, 0.1) is 17.6 Å². The van der Waals surface area contributed by atoms with E-state index in [1.165, 1.54) is 11.0 Å². The van der Waals surface area contributed by atoms with Crippen LogP contribution in [0.1, 0.15) is 17.9 Å². The van der Waals surface area contributed by atoms with Crippen LogP contribution in [-0.2, 0) is 4.79 Å². The molecular formula is C17H20F5N3O. The number of halogens is 5. The molecule has 3 rings (SSSR count). The van der Waals surface area contributed by atoms with Gasteiger partial charge in [-0.3, -0.25) is 9.69 Å². The van der Waals surface area contributed by atoms with Crippen LogP contribution in [-0.4, -0.2) is 55.7 Å². The van der Waals surface area contributed by atoms with Crippen molar-refractivity contribution in [3.05, 3.63) is 35.4 Å². The summed E-state index contributed by atoms with van der Waals surface area (Å²) in [6.07, 6.45) is -4.24. The van der Waals surface area contributed by atoms with Crippen LogP contribution in [0.25, 0.3) is 0 Å². The normalized spacial score (nSPS) is 25.0. The van der Waals surface area contributed by atoms with E-state index in [1.807, 2.05) is 0 Å². The second-order valence-corrected chi connectivity index (χ2v) is 6.67. The summed E-state index contributed by atoms with van der Waals surface area (Å²) >= 11 is 0. The minimum absolute atomic E-state index is 0.165. The van der Waals surface area contributed by atoms with E-state index < -0.39 is 48.1 Å². The molecule has 1 amide bonds. The maximum Gasteiger partial charge on any atom is 0.405 e. The van der Waals surface area contributed by atoms with E-state index in [9.17, 15) is 26.7 Å². The fourth-order valence-corrected chi connectivity index (χ4v) is 3.44. The number of alkyl halides is 3. The van der Waals surface area contributed by atoms with Crippen molar-refractivity contribution in [1.82, 2.24) is 15.5 Å². The highest BCUT2D eigenvalue weighted by Gasteiger charge is 2.48. The first-order chi connectivity index (χ1) is 12.3. The minimum Gasteiger partial charge on any atom is -0.354 e. The zero-order chi connectivity index (χ0) is 18.9. The second kappa shape index (κ2) is 7.48. The molecule has 1 aliphatic heterocycles. The first-order valence-electron chi connectivity index (χ1n) is 8.52. The molecule has 0 aromatic heterocycles. The highest BCUT2D eigenvalue weighted by molar-refractivity contribution is 5.83. The van der Waals surface area contributed by atoms with Crippen molar-refractivity contribution in [2.75, 3.05) is 32.7 Å². The molecule has 3 atom stereocenters. The number of amides is 1. The lowest BCUT2D eigenvalue weighted by atomic mass is 10.1. The average molecular weight is 377 g/mol. The molecule has 0 spiro atoms. The van der Waals surface area contributed by atoms with Crippen LogP contribution in [0.2, 0.25) is 0 Å². The van der Waals surface area contributed by atoms with Gasteiger partial charge in [0.05, 0.1) is 0 Å². The van der Waals surface area contributed by atoms with Crippen molar-refractivity contribution in [2.45, 2.75) is 24.6 Å². The molecule has 1 aliphatic carbocycles. The zero-order valence-corrected chi connectivity index (χ0v) is 14.0. The number of nitrogens with zero attached hydrogens (tertiary/aromatic N) is 1. The molecule has 1 saturated carbocycles. The fraction of sp³-hybridized carbons (Fsp3) is 0.588. The minimum atomic E-state index is -4.47. The SMILES string of the molecule is O=C(NCC(N1CCNCC1)C(F)(F)F)C1CC1c1c(F)cccc1F. The Morgan fingerprint density at radius 2 is 1.85 bits per heavy atom. The summed E-state index contributed by atoms with van der Waals surface area (Å²) in [5.74, 6) is -3.39. The van der Waals surface area contributed by atoms with Gasteiger partial charge in [0, 0.05) is 50.1 Å². The van der Waals surface area contributed by atoms with Crippen molar-refractivity contribution in [3.8, 4) is 0 Å². The van der Waals surface area contributed by atoms with E-state index in [1.54, 1.807) is 0 Å². The lowest BCUT2D eigenvalue weighted by Gasteiger charge is -2.35. The number of rotatable bonds is 5. The molecule has 9 heteroatoms. The summed E-state index contributed by atoms with van der Waals surface area (Å²) in [4.78, 5) is 13.5. The number of hydrogen-bond donors (Lipinski definition) is 2. The molecule has 1 aromatic rings. The van der Waals surface area contributed by atoms with Gasteiger partial charge in [-0.15, -0.1) is 0 Å². The summed E-state index contributed by atoms with van der Waals surface area (Å²) < 4.78 is 67.4. The maximum absolute atomic E-state index is 13.8. The van der Waals surface area contributed by atoms with Crippen LogP contribution in [0.15, 0.2) is 18.2 Å². The van der Waals surface area contributed by atoms with E-state index in [0.717, 1.165) is 12.1 Å². The van der Waals surface area contributed by atoms with Gasteiger partial charge in [0.2, 0.25) is 5.91 Å². The highest BCUT2D eigenvalue weighted by atomic mass is 19.4. The number of benzene rings is 1. The van der Waals surface area contributed by atoms with E-state index >= 15 is 0 Å². The number of carbonyl (C=O) groups is 1. The maximum atomic E-state index is 13.8. The Kier molecular flexibility index (Phi) is 5.47. The standard InChI is InChI=1S/C17H20F5N3O/c18-12-2-1-3-13(19)15(12)10-8-11(10)16(26)24-9-14(17(20,21)22)25-6-4-23-5-7-25/h1-3,10-11,14,23H,4-9H2,(H,24,26). The van der Waals surface area contributed by atoms with Gasteiger partial charge in [-0.1, -0.05) is 6.07 Å². The third kappa shape index (κ3) is 4.15. The van der Waals surface area contributed by atoms with Crippen molar-refractivity contribution in [1.29, 1.82) is 0 Å². The van der Waals surface area contributed by atoms with Gasteiger partial charge in [0.15, 0.2) is 0 Å². The number of hydrogen-bond acceptors (Lipinski definition) is 3. The second-order valence-electron chi connectivity index (χ2n) is 6.67. The average Bonchev–Trinajstić information content (AvgIpc) is 3.35. The molecule has 144 valence electrons. The molecule has 4 nitrogen and oxygen atoms in total. The Labute approximate surface area is 147 Å². The number of piperazine rings is 1. The predicted molar refractivity (Wildman–Crippen MR) is 84.5 cm³/mol. The van der Waals surface area contributed by atoms with Crippen LogP contribution >= 0.6 is 0 Å². The fourth-order valence-electron chi connectivity index (χ4n) is 3.44. The van der Waals surface area contributed by atoms with Gasteiger partial charge < -0.3 is 10.6 Å². The molecule has 1 heterocycles. The zero-order valence-electron chi connectivity index (χ0n) is 14.0. The van der Waals surface area contributed by atoms with Crippen molar-refractivity contribution < 1.29 is 26.7 Å².